The van der Waals surface area contributed by atoms with E-state index in [1.807, 2.05) is 0 Å². The summed E-state index contributed by atoms with van der Waals surface area (Å²) in [4.78, 5) is 0. The van der Waals surface area contributed by atoms with Gasteiger partial charge in [0.25, 0.3) is 0 Å². The fourth-order valence-corrected chi connectivity index (χ4v) is 28.7. The zero-order valence-electron chi connectivity index (χ0n) is 78.1. The van der Waals surface area contributed by atoms with Gasteiger partial charge in [-0.05, 0) is 230 Å². The average molecular weight is 1850 g/mol. The number of aromatic nitrogens is 4. The molecule has 8 heterocycles. The SMILES string of the molecule is c1ccc2c(c1)-c1c(-c3c4c(cc5c3c3ccc6ccccc6c3n5-c3cccc5c3oc3ccccc35)C3(c5ccccc5-c5ccccc53)c3cc5c(cc3-4)c3ccc4ccccc4c3n5-c3cccc4c3oc3ccccc34)cccc1C21c2cc3c(cc2-c2cc4c5c6ccccc6ccc5n(-c5cccc6c5oc5ccccc56)c4cc21)c1c2ccccc2ccc1n3-c1cccc2c1oc1ccccc12. The van der Waals surface area contributed by atoms with Crippen molar-refractivity contribution >= 4 is 218 Å². The van der Waals surface area contributed by atoms with Gasteiger partial charge in [-0.25, -0.2) is 0 Å². The highest BCUT2D eigenvalue weighted by Gasteiger charge is 2.57. The Bertz CT molecular complexity index is 11400. The highest BCUT2D eigenvalue weighted by molar-refractivity contribution is 6.32. The highest BCUT2D eigenvalue weighted by atomic mass is 16.3. The molecule has 8 aromatic heterocycles. The minimum atomic E-state index is -1.06. The van der Waals surface area contributed by atoms with Crippen LogP contribution < -0.4 is 0 Å². The number of furan rings is 4. The van der Waals surface area contributed by atoms with Gasteiger partial charge < -0.3 is 35.9 Å². The van der Waals surface area contributed by atoms with Crippen molar-refractivity contribution in [1.29, 1.82) is 0 Å². The van der Waals surface area contributed by atoms with Gasteiger partial charge in [-0.2, -0.15) is 0 Å². The molecule has 0 unspecified atom stereocenters. The number of rotatable bonds is 5. The normalized spacial score (nSPS) is 13.7. The first-order valence-electron chi connectivity index (χ1n) is 50.6. The molecule has 32 aromatic rings. The first-order chi connectivity index (χ1) is 72.5. The molecule has 4 aliphatic carbocycles. The van der Waals surface area contributed by atoms with Crippen molar-refractivity contribution in [2.75, 3.05) is 0 Å². The maximum atomic E-state index is 7.47. The fraction of sp³-hybridized carbons (Fsp3) is 0.0145. The van der Waals surface area contributed by atoms with Crippen molar-refractivity contribution in [3.05, 3.63) is 493 Å². The van der Waals surface area contributed by atoms with Gasteiger partial charge in [-0.1, -0.05) is 346 Å². The summed E-state index contributed by atoms with van der Waals surface area (Å²) in [5.41, 5.74) is 38.7. The van der Waals surface area contributed by atoms with E-state index in [4.69, 9.17) is 17.7 Å². The third kappa shape index (κ3) is 9.19. The van der Waals surface area contributed by atoms with Gasteiger partial charge >= 0.3 is 0 Å². The molecule has 0 N–H and O–H groups in total. The third-order valence-electron chi connectivity index (χ3n) is 34.3. The van der Waals surface area contributed by atoms with Crippen LogP contribution in [0.4, 0.5) is 0 Å². The Balaban J connectivity index is 0.734. The van der Waals surface area contributed by atoms with Crippen LogP contribution in [0, 0.1) is 0 Å². The van der Waals surface area contributed by atoms with Crippen LogP contribution in [0.5, 0.6) is 0 Å². The Hall–Kier alpha value is -19.3. The molecule has 146 heavy (non-hydrogen) atoms. The highest BCUT2D eigenvalue weighted by Crippen LogP contribution is 2.71. The molecule has 0 saturated heterocycles. The summed E-state index contributed by atoms with van der Waals surface area (Å²) in [6, 6.07) is 170. The van der Waals surface area contributed by atoms with Gasteiger partial charge in [0, 0.05) is 103 Å². The standard InChI is InChI=1S/C138H74N4O4/c1-5-32-79-75(28-1)62-66-111-126(79)101-68-97-98-69-102-119(140(112-67-63-76-29-2-6-33-80(76)127(102)112)114-53-25-44-91-86-39-13-20-57-122(86)144-134(91)114)72-108(98)138(107(97)71-118(101)139(111)113-52-24-43-90-85-38-12-19-56-121(85)143-133(90)113)105-50-18-11-42-94(105)125-95(47-23-51-106(125)138)130-128-100-70-99-89-64-60-77-30-3-7-34-81(77)131(89)141(115-54-26-45-92-87-40-14-21-58-123(87)145-135(92)115)117(99)73-109(100)137(103-48-16-9-36-83(103)84-37-10-17-49-104(84)137)110(128)74-120-129(130)96-65-61-78-31-4-8-35-82(78)132(96)142(120)116-55-27-46-93-88-41-15-22-59-124(88)146-136(93)116/h1-74H. The van der Waals surface area contributed by atoms with Crippen LogP contribution in [-0.4, -0.2) is 18.3 Å². The molecular weight excluding hydrogens is 1780 g/mol. The molecule has 0 bridgehead atoms. The smallest absolute Gasteiger partial charge is 0.159 e. The molecule has 24 aromatic carbocycles. The van der Waals surface area contributed by atoms with Crippen molar-refractivity contribution < 1.29 is 17.7 Å². The zero-order valence-corrected chi connectivity index (χ0v) is 78.1. The van der Waals surface area contributed by atoms with Crippen molar-refractivity contribution in [1.82, 2.24) is 18.3 Å². The monoisotopic (exact) mass is 1850 g/mol. The lowest BCUT2D eigenvalue weighted by molar-refractivity contribution is 0.666. The largest absolute Gasteiger partial charge is 0.454 e. The van der Waals surface area contributed by atoms with Crippen molar-refractivity contribution in [2.45, 2.75) is 10.8 Å². The first kappa shape index (κ1) is 76.6. The van der Waals surface area contributed by atoms with Gasteiger partial charge in [0.05, 0.1) is 77.7 Å². The molecule has 8 nitrogen and oxygen atoms in total. The zero-order chi connectivity index (χ0) is 94.3. The molecule has 0 atom stereocenters. The lowest BCUT2D eigenvalue weighted by Gasteiger charge is -2.31. The van der Waals surface area contributed by atoms with Gasteiger partial charge in [0.1, 0.15) is 22.3 Å². The number of benzene rings is 24. The van der Waals surface area contributed by atoms with Crippen molar-refractivity contribution in [3.8, 4) is 78.4 Å². The molecule has 8 heteroatoms. The number of hydrogen-bond acceptors (Lipinski definition) is 4. The lowest BCUT2D eigenvalue weighted by Crippen LogP contribution is -2.26. The maximum Gasteiger partial charge on any atom is 0.159 e. The van der Waals surface area contributed by atoms with Gasteiger partial charge in [0.15, 0.2) is 22.3 Å². The van der Waals surface area contributed by atoms with Crippen molar-refractivity contribution in [3.63, 3.8) is 0 Å². The van der Waals surface area contributed by atoms with Gasteiger partial charge in [0.2, 0.25) is 0 Å². The van der Waals surface area contributed by atoms with E-state index in [1.165, 1.54) is 116 Å². The maximum absolute atomic E-state index is 7.47. The van der Waals surface area contributed by atoms with Crippen molar-refractivity contribution in [2.24, 2.45) is 0 Å². The second-order valence-electron chi connectivity index (χ2n) is 40.8. The summed E-state index contributed by atoms with van der Waals surface area (Å²) in [5, 5.41) is 27.1. The van der Waals surface area contributed by atoms with Crippen LogP contribution in [0.2, 0.25) is 0 Å². The van der Waals surface area contributed by atoms with Crippen LogP contribution in [0.25, 0.3) is 296 Å². The van der Waals surface area contributed by atoms with E-state index in [2.05, 4.69) is 467 Å². The van der Waals surface area contributed by atoms with Crippen LogP contribution in [0.15, 0.2) is 467 Å². The van der Waals surface area contributed by atoms with Gasteiger partial charge in [-0.15, -0.1) is 0 Å². The number of nitrogens with zero attached hydrogens (tertiary/aromatic N) is 4. The second kappa shape index (κ2) is 27.1. The molecule has 0 saturated carbocycles. The van der Waals surface area contributed by atoms with E-state index >= 15 is 0 Å². The third-order valence-corrected chi connectivity index (χ3v) is 34.3. The predicted molar refractivity (Wildman–Crippen MR) is 601 cm³/mol. The summed E-state index contributed by atoms with van der Waals surface area (Å²) in [7, 11) is 0. The summed E-state index contributed by atoms with van der Waals surface area (Å²) >= 11 is 0. The molecule has 0 fully saturated rings. The van der Waals surface area contributed by atoms with E-state index in [1.54, 1.807) is 0 Å². The summed E-state index contributed by atoms with van der Waals surface area (Å²) in [6.45, 7) is 0. The van der Waals surface area contributed by atoms with Crippen LogP contribution in [-0.2, 0) is 10.8 Å². The Labute approximate surface area is 830 Å². The second-order valence-corrected chi connectivity index (χ2v) is 40.8. The predicted octanol–water partition coefficient (Wildman–Crippen LogP) is 36.6. The number of para-hydroxylation sites is 8. The molecule has 0 aliphatic heterocycles. The lowest BCUT2D eigenvalue weighted by atomic mass is 9.69. The molecular formula is C138H74N4O4. The summed E-state index contributed by atoms with van der Waals surface area (Å²) in [6.07, 6.45) is 0. The van der Waals surface area contributed by atoms with E-state index in [9.17, 15) is 0 Å². The Kier molecular flexibility index (Phi) is 14.2. The molecule has 0 amide bonds. The molecule has 4 aliphatic rings. The van der Waals surface area contributed by atoms with E-state index in [0.29, 0.717) is 0 Å². The first-order valence-corrected chi connectivity index (χ1v) is 50.6. The quantitative estimate of drug-likeness (QED) is 0.172. The molecule has 670 valence electrons. The van der Waals surface area contributed by atoms with Crippen LogP contribution in [0.3, 0.4) is 0 Å². The number of hydrogen-bond donors (Lipinski definition) is 0. The number of fused-ring (bicyclic) bond motifs is 52. The summed E-state index contributed by atoms with van der Waals surface area (Å²) in [5.74, 6) is 0. The minimum absolute atomic E-state index is 0.820. The average Bonchev–Trinajstić information content (AvgIpc) is 1.48. The summed E-state index contributed by atoms with van der Waals surface area (Å²) < 4.78 is 39.6. The topological polar surface area (TPSA) is 72.3 Å². The van der Waals surface area contributed by atoms with E-state index in [-0.39, 0.29) is 0 Å². The Morgan fingerprint density at radius 2 is 0.473 bits per heavy atom. The molecule has 36 rings (SSSR count). The Morgan fingerprint density at radius 3 is 0.952 bits per heavy atom. The van der Waals surface area contributed by atoms with Crippen LogP contribution >= 0.6 is 0 Å². The van der Waals surface area contributed by atoms with Crippen LogP contribution in [0.1, 0.15) is 44.5 Å². The molecule has 2 spiro atoms. The van der Waals surface area contributed by atoms with E-state index in [0.717, 1.165) is 225 Å². The molecule has 0 radical (unpaired) electrons. The minimum Gasteiger partial charge on any atom is -0.454 e. The van der Waals surface area contributed by atoms with E-state index < -0.39 is 10.8 Å². The fourth-order valence-electron chi connectivity index (χ4n) is 28.7. The Morgan fingerprint density at radius 1 is 0.151 bits per heavy atom. The van der Waals surface area contributed by atoms with Gasteiger partial charge in [-0.3, -0.25) is 0 Å².